The number of hydrogen-bond acceptors (Lipinski definition) is 5. The van der Waals surface area contributed by atoms with Crippen molar-refractivity contribution in [2.75, 3.05) is 26.7 Å². The standard InChI is InChI=1S/C15H18N4O2S/c1-17-3-2-10-7-18(9-12(10)14(17)21)8-11-6-13(20)19-4-5-22-15(19)16-11/h4-6,10,12H,2-3,7-9H2,1H3/t10-,12+/m1/s1. The quantitative estimate of drug-likeness (QED) is 0.816. The van der Waals surface area contributed by atoms with Gasteiger partial charge in [-0.2, -0.15) is 0 Å². The number of rotatable bonds is 2. The molecular formula is C15H18N4O2S. The van der Waals surface area contributed by atoms with E-state index >= 15 is 0 Å². The molecule has 7 heteroatoms. The van der Waals surface area contributed by atoms with Gasteiger partial charge in [0.1, 0.15) is 0 Å². The normalized spacial score (nSPS) is 25.9. The van der Waals surface area contributed by atoms with Crippen LogP contribution in [0.3, 0.4) is 0 Å². The Hall–Kier alpha value is -1.73. The number of thiazole rings is 1. The van der Waals surface area contributed by atoms with Gasteiger partial charge in [-0.3, -0.25) is 18.9 Å². The lowest BCUT2D eigenvalue weighted by atomic mass is 9.88. The molecule has 6 nitrogen and oxygen atoms in total. The molecule has 0 aliphatic carbocycles. The van der Waals surface area contributed by atoms with Crippen molar-refractivity contribution in [3.8, 4) is 0 Å². The fourth-order valence-corrected chi connectivity index (χ4v) is 4.35. The van der Waals surface area contributed by atoms with E-state index in [1.54, 1.807) is 16.7 Å². The molecule has 2 atom stereocenters. The molecule has 0 radical (unpaired) electrons. The number of nitrogens with zero attached hydrogens (tertiary/aromatic N) is 4. The highest BCUT2D eigenvalue weighted by Gasteiger charge is 2.41. The van der Waals surface area contributed by atoms with Crippen molar-refractivity contribution in [2.45, 2.75) is 13.0 Å². The van der Waals surface area contributed by atoms with Crippen molar-refractivity contribution in [3.05, 3.63) is 33.7 Å². The summed E-state index contributed by atoms with van der Waals surface area (Å²) in [5.41, 5.74) is 0.764. The molecule has 2 aromatic rings. The van der Waals surface area contributed by atoms with Gasteiger partial charge in [-0.1, -0.05) is 0 Å². The van der Waals surface area contributed by atoms with Crippen LogP contribution in [0.4, 0.5) is 0 Å². The van der Waals surface area contributed by atoms with E-state index in [-0.39, 0.29) is 17.4 Å². The number of likely N-dealkylation sites (tertiary alicyclic amines) is 2. The van der Waals surface area contributed by atoms with E-state index in [4.69, 9.17) is 0 Å². The average Bonchev–Trinajstić information content (AvgIpc) is 3.10. The molecule has 4 heterocycles. The van der Waals surface area contributed by atoms with Gasteiger partial charge in [0.15, 0.2) is 4.96 Å². The number of amides is 1. The highest BCUT2D eigenvalue weighted by molar-refractivity contribution is 7.15. The molecule has 116 valence electrons. The van der Waals surface area contributed by atoms with E-state index in [1.807, 2.05) is 17.3 Å². The Morgan fingerprint density at radius 3 is 3.09 bits per heavy atom. The third kappa shape index (κ3) is 2.24. The predicted octanol–water partition coefficient (Wildman–Crippen LogP) is 0.666. The maximum atomic E-state index is 12.2. The molecule has 2 aliphatic rings. The summed E-state index contributed by atoms with van der Waals surface area (Å²) < 4.78 is 1.57. The van der Waals surface area contributed by atoms with Crippen LogP contribution in [0.1, 0.15) is 12.1 Å². The Morgan fingerprint density at radius 2 is 2.23 bits per heavy atom. The fourth-order valence-electron chi connectivity index (χ4n) is 3.61. The largest absolute Gasteiger partial charge is 0.345 e. The topological polar surface area (TPSA) is 57.9 Å². The lowest BCUT2D eigenvalue weighted by Crippen LogP contribution is -2.42. The Bertz CT molecular complexity index is 783. The number of carbonyl (C=O) groups is 1. The van der Waals surface area contributed by atoms with E-state index in [1.165, 1.54) is 11.3 Å². The van der Waals surface area contributed by atoms with Gasteiger partial charge in [0, 0.05) is 50.9 Å². The van der Waals surface area contributed by atoms with E-state index in [0.717, 1.165) is 36.7 Å². The second-order valence-electron chi connectivity index (χ2n) is 6.25. The van der Waals surface area contributed by atoms with Crippen molar-refractivity contribution in [3.63, 3.8) is 0 Å². The van der Waals surface area contributed by atoms with Crippen molar-refractivity contribution in [2.24, 2.45) is 11.8 Å². The lowest BCUT2D eigenvalue weighted by Gasteiger charge is -2.30. The molecule has 0 aromatic carbocycles. The molecule has 2 saturated heterocycles. The monoisotopic (exact) mass is 318 g/mol. The summed E-state index contributed by atoms with van der Waals surface area (Å²) in [7, 11) is 1.88. The minimum absolute atomic E-state index is 0.0336. The zero-order chi connectivity index (χ0) is 15.3. The molecule has 2 aliphatic heterocycles. The van der Waals surface area contributed by atoms with Gasteiger partial charge in [0.05, 0.1) is 11.6 Å². The van der Waals surface area contributed by atoms with Crippen LogP contribution in [0.2, 0.25) is 0 Å². The Kier molecular flexibility index (Phi) is 3.27. The zero-order valence-electron chi connectivity index (χ0n) is 12.4. The Morgan fingerprint density at radius 1 is 1.36 bits per heavy atom. The van der Waals surface area contributed by atoms with Crippen molar-refractivity contribution >= 4 is 22.2 Å². The number of aromatic nitrogens is 2. The molecule has 0 unspecified atom stereocenters. The van der Waals surface area contributed by atoms with Crippen LogP contribution in [0.5, 0.6) is 0 Å². The molecule has 0 bridgehead atoms. The van der Waals surface area contributed by atoms with Crippen molar-refractivity contribution in [1.29, 1.82) is 0 Å². The second-order valence-corrected chi connectivity index (χ2v) is 7.12. The zero-order valence-corrected chi connectivity index (χ0v) is 13.3. The van der Waals surface area contributed by atoms with Crippen molar-refractivity contribution in [1.82, 2.24) is 19.2 Å². The van der Waals surface area contributed by atoms with Gasteiger partial charge in [-0.05, 0) is 12.3 Å². The number of carbonyl (C=O) groups excluding carboxylic acids is 1. The van der Waals surface area contributed by atoms with E-state index in [9.17, 15) is 9.59 Å². The smallest absolute Gasteiger partial charge is 0.258 e. The summed E-state index contributed by atoms with van der Waals surface area (Å²) in [6, 6.07) is 1.61. The second kappa shape index (κ2) is 5.17. The molecule has 0 spiro atoms. The summed E-state index contributed by atoms with van der Waals surface area (Å²) in [5, 5.41) is 1.87. The molecule has 1 amide bonds. The van der Waals surface area contributed by atoms with Crippen LogP contribution in [-0.2, 0) is 11.3 Å². The SMILES string of the molecule is CN1CC[C@@H]2CN(Cc3cc(=O)n4ccsc4n3)C[C@@H]2C1=O. The summed E-state index contributed by atoms with van der Waals surface area (Å²) in [6.07, 6.45) is 2.82. The Balaban J connectivity index is 1.54. The first-order valence-corrected chi connectivity index (χ1v) is 8.43. The highest BCUT2D eigenvalue weighted by Crippen LogP contribution is 2.32. The van der Waals surface area contributed by atoms with Gasteiger partial charge in [-0.15, -0.1) is 11.3 Å². The van der Waals surface area contributed by atoms with E-state index in [0.29, 0.717) is 12.5 Å². The van der Waals surface area contributed by atoms with Crippen LogP contribution >= 0.6 is 11.3 Å². The van der Waals surface area contributed by atoms with E-state index < -0.39 is 0 Å². The molecule has 0 saturated carbocycles. The molecule has 22 heavy (non-hydrogen) atoms. The fraction of sp³-hybridized carbons (Fsp3) is 0.533. The van der Waals surface area contributed by atoms with Gasteiger partial charge in [0.2, 0.25) is 5.91 Å². The summed E-state index contributed by atoms with van der Waals surface area (Å²) in [5.74, 6) is 0.834. The van der Waals surface area contributed by atoms with Crippen LogP contribution in [0, 0.1) is 11.8 Å². The minimum atomic E-state index is -0.0336. The van der Waals surface area contributed by atoms with Crippen LogP contribution < -0.4 is 5.56 Å². The van der Waals surface area contributed by atoms with Gasteiger partial charge < -0.3 is 4.90 Å². The average molecular weight is 318 g/mol. The number of piperidine rings is 1. The molecular weight excluding hydrogens is 300 g/mol. The van der Waals surface area contributed by atoms with Gasteiger partial charge in [0.25, 0.3) is 5.56 Å². The maximum Gasteiger partial charge on any atom is 0.258 e. The maximum absolute atomic E-state index is 12.2. The summed E-state index contributed by atoms with van der Waals surface area (Å²) in [6.45, 7) is 3.21. The number of hydrogen-bond donors (Lipinski definition) is 0. The molecule has 4 rings (SSSR count). The first kappa shape index (κ1) is 13.9. The summed E-state index contributed by atoms with van der Waals surface area (Å²) >= 11 is 1.47. The van der Waals surface area contributed by atoms with Crippen LogP contribution in [-0.4, -0.2) is 51.8 Å². The first-order chi connectivity index (χ1) is 10.6. The number of fused-ring (bicyclic) bond motifs is 2. The highest BCUT2D eigenvalue weighted by atomic mass is 32.1. The van der Waals surface area contributed by atoms with Crippen LogP contribution in [0.25, 0.3) is 4.96 Å². The van der Waals surface area contributed by atoms with Gasteiger partial charge >= 0.3 is 0 Å². The lowest BCUT2D eigenvalue weighted by molar-refractivity contribution is -0.137. The third-order valence-corrected chi connectivity index (χ3v) is 5.54. The van der Waals surface area contributed by atoms with Crippen LogP contribution in [0.15, 0.2) is 22.4 Å². The minimum Gasteiger partial charge on any atom is -0.345 e. The Labute approximate surface area is 132 Å². The molecule has 2 fully saturated rings. The van der Waals surface area contributed by atoms with Gasteiger partial charge in [-0.25, -0.2) is 4.98 Å². The molecule has 0 N–H and O–H groups in total. The predicted molar refractivity (Wildman–Crippen MR) is 83.9 cm³/mol. The first-order valence-electron chi connectivity index (χ1n) is 7.55. The summed E-state index contributed by atoms with van der Waals surface area (Å²) in [4.78, 5) is 33.7. The van der Waals surface area contributed by atoms with E-state index in [2.05, 4.69) is 9.88 Å². The van der Waals surface area contributed by atoms with Crippen molar-refractivity contribution < 1.29 is 4.79 Å². The molecule has 2 aromatic heterocycles. The third-order valence-electron chi connectivity index (χ3n) is 4.79.